The van der Waals surface area contributed by atoms with Gasteiger partial charge in [-0.3, -0.25) is 4.79 Å². The molecular formula is C14H14N2O4S. The van der Waals surface area contributed by atoms with Gasteiger partial charge in [0.1, 0.15) is 10.8 Å². The summed E-state index contributed by atoms with van der Waals surface area (Å²) in [6.07, 6.45) is 0. The Kier molecular flexibility index (Phi) is 4.89. The van der Waals surface area contributed by atoms with Gasteiger partial charge in [0.25, 0.3) is 5.91 Å². The first kappa shape index (κ1) is 15.0. The van der Waals surface area contributed by atoms with Crippen LogP contribution in [0.5, 0.6) is 5.75 Å². The summed E-state index contributed by atoms with van der Waals surface area (Å²) in [7, 11) is 3.07. The number of carbonyl (C=O) groups excluding carboxylic acids is 2. The molecule has 6 nitrogen and oxygen atoms in total. The van der Waals surface area contributed by atoms with Crippen LogP contribution in [0.25, 0.3) is 10.6 Å². The molecule has 1 aromatic carbocycles. The fraction of sp³-hybridized carbons (Fsp3) is 0.214. The van der Waals surface area contributed by atoms with Gasteiger partial charge in [0.2, 0.25) is 0 Å². The van der Waals surface area contributed by atoms with Gasteiger partial charge in [0, 0.05) is 18.0 Å². The van der Waals surface area contributed by atoms with E-state index in [-0.39, 0.29) is 18.2 Å². The number of hydrogen-bond acceptors (Lipinski definition) is 6. The smallest absolute Gasteiger partial charge is 0.358 e. The normalized spacial score (nSPS) is 10.0. The van der Waals surface area contributed by atoms with Crippen molar-refractivity contribution in [3.8, 4) is 16.3 Å². The summed E-state index contributed by atoms with van der Waals surface area (Å²) >= 11 is 1.33. The average molecular weight is 306 g/mol. The molecule has 110 valence electrons. The molecule has 7 heteroatoms. The number of thiazole rings is 1. The summed E-state index contributed by atoms with van der Waals surface area (Å²) < 4.78 is 9.92. The predicted molar refractivity (Wildman–Crippen MR) is 78.5 cm³/mol. The molecule has 0 radical (unpaired) electrons. The zero-order valence-electron chi connectivity index (χ0n) is 11.6. The lowest BCUT2D eigenvalue weighted by Gasteiger charge is -2.01. The third-order valence-corrected chi connectivity index (χ3v) is 3.55. The van der Waals surface area contributed by atoms with E-state index in [2.05, 4.69) is 10.3 Å². The fourth-order valence-corrected chi connectivity index (χ4v) is 2.31. The minimum absolute atomic E-state index is 0.190. The Morgan fingerprint density at radius 1 is 1.29 bits per heavy atom. The van der Waals surface area contributed by atoms with Gasteiger partial charge in [0.05, 0.1) is 7.11 Å². The second kappa shape index (κ2) is 6.85. The number of methoxy groups -OCH3 is 1. The Bertz CT molecular complexity index is 637. The van der Waals surface area contributed by atoms with Crippen molar-refractivity contribution in [3.63, 3.8) is 0 Å². The largest absolute Gasteiger partial charge is 0.497 e. The van der Waals surface area contributed by atoms with E-state index in [4.69, 9.17) is 9.47 Å². The van der Waals surface area contributed by atoms with E-state index in [0.717, 1.165) is 11.3 Å². The molecule has 0 saturated carbocycles. The molecule has 2 rings (SSSR count). The highest BCUT2D eigenvalue weighted by Gasteiger charge is 2.14. The highest BCUT2D eigenvalue weighted by molar-refractivity contribution is 7.13. The lowest BCUT2D eigenvalue weighted by Crippen LogP contribution is -2.25. The predicted octanol–water partition coefficient (Wildman–Crippen LogP) is 1.72. The van der Waals surface area contributed by atoms with Crippen LogP contribution < -0.4 is 10.1 Å². The number of benzene rings is 1. The number of ether oxygens (including phenoxy) is 2. The number of nitrogens with one attached hydrogen (secondary N) is 1. The lowest BCUT2D eigenvalue weighted by atomic mass is 10.2. The molecule has 21 heavy (non-hydrogen) atoms. The van der Waals surface area contributed by atoms with Gasteiger partial charge in [-0.1, -0.05) is 0 Å². The molecule has 1 N–H and O–H groups in total. The first-order chi connectivity index (χ1) is 10.1. The molecule has 1 aromatic heterocycles. The number of hydrogen-bond donors (Lipinski definition) is 1. The Hall–Kier alpha value is -2.41. The maximum Gasteiger partial charge on any atom is 0.358 e. The topological polar surface area (TPSA) is 77.5 Å². The van der Waals surface area contributed by atoms with Gasteiger partial charge in [0.15, 0.2) is 12.3 Å². The highest BCUT2D eigenvalue weighted by Crippen LogP contribution is 2.25. The Labute approximate surface area is 125 Å². The molecule has 0 fully saturated rings. The van der Waals surface area contributed by atoms with Crippen LogP contribution in [0.4, 0.5) is 0 Å². The molecular weight excluding hydrogens is 292 g/mol. The molecule has 0 spiro atoms. The van der Waals surface area contributed by atoms with Crippen molar-refractivity contribution in [1.82, 2.24) is 10.3 Å². The standard InChI is InChI=1S/C14H14N2O4S/c1-15-12(17)7-20-14(18)11-8-21-13(16-11)9-3-5-10(19-2)6-4-9/h3-6,8H,7H2,1-2H3,(H,15,17). The Morgan fingerprint density at radius 2 is 2.00 bits per heavy atom. The van der Waals surface area contributed by atoms with Crippen molar-refractivity contribution < 1.29 is 19.1 Å². The van der Waals surface area contributed by atoms with Gasteiger partial charge in [-0.05, 0) is 24.3 Å². The van der Waals surface area contributed by atoms with Crippen molar-refractivity contribution in [2.75, 3.05) is 20.8 Å². The van der Waals surface area contributed by atoms with E-state index >= 15 is 0 Å². The number of amides is 1. The van der Waals surface area contributed by atoms with Crippen LogP contribution in [0.3, 0.4) is 0 Å². The second-order valence-electron chi connectivity index (χ2n) is 4.02. The van der Waals surface area contributed by atoms with Crippen LogP contribution in [0.1, 0.15) is 10.5 Å². The van der Waals surface area contributed by atoms with Gasteiger partial charge < -0.3 is 14.8 Å². The molecule has 1 heterocycles. The summed E-state index contributed by atoms with van der Waals surface area (Å²) in [5.74, 6) is -0.232. The number of rotatable bonds is 5. The van der Waals surface area contributed by atoms with Crippen LogP contribution >= 0.6 is 11.3 Å². The molecule has 2 aromatic rings. The van der Waals surface area contributed by atoms with Crippen molar-refractivity contribution in [3.05, 3.63) is 35.3 Å². The van der Waals surface area contributed by atoms with Crippen molar-refractivity contribution in [2.24, 2.45) is 0 Å². The maximum atomic E-state index is 11.7. The second-order valence-corrected chi connectivity index (χ2v) is 4.87. The molecule has 0 bridgehead atoms. The van der Waals surface area contributed by atoms with Crippen LogP contribution in [0.15, 0.2) is 29.6 Å². The zero-order valence-corrected chi connectivity index (χ0v) is 12.4. The zero-order chi connectivity index (χ0) is 15.2. The quantitative estimate of drug-likeness (QED) is 0.851. The van der Waals surface area contributed by atoms with E-state index in [1.54, 1.807) is 12.5 Å². The minimum atomic E-state index is -0.616. The van der Waals surface area contributed by atoms with Crippen LogP contribution in [0, 0.1) is 0 Å². The minimum Gasteiger partial charge on any atom is -0.497 e. The molecule has 0 saturated heterocycles. The van der Waals surface area contributed by atoms with E-state index < -0.39 is 5.97 Å². The SMILES string of the molecule is CNC(=O)COC(=O)c1csc(-c2ccc(OC)cc2)n1. The summed E-state index contributed by atoms with van der Waals surface area (Å²) in [6, 6.07) is 7.36. The van der Waals surface area contributed by atoms with E-state index in [0.29, 0.717) is 5.01 Å². The highest BCUT2D eigenvalue weighted by atomic mass is 32.1. The number of carbonyl (C=O) groups is 2. The van der Waals surface area contributed by atoms with Crippen molar-refractivity contribution in [1.29, 1.82) is 0 Å². The number of nitrogens with zero attached hydrogens (tertiary/aromatic N) is 1. The monoisotopic (exact) mass is 306 g/mol. The average Bonchev–Trinajstić information content (AvgIpc) is 3.02. The van der Waals surface area contributed by atoms with E-state index in [1.165, 1.54) is 18.4 Å². The maximum absolute atomic E-state index is 11.7. The lowest BCUT2D eigenvalue weighted by molar-refractivity contribution is -0.123. The summed E-state index contributed by atoms with van der Waals surface area (Å²) in [6.45, 7) is -0.315. The first-order valence-electron chi connectivity index (χ1n) is 6.11. The number of esters is 1. The van der Waals surface area contributed by atoms with Gasteiger partial charge in [-0.15, -0.1) is 11.3 Å². The molecule has 1 amide bonds. The fourth-order valence-electron chi connectivity index (χ4n) is 1.51. The van der Waals surface area contributed by atoms with Gasteiger partial charge >= 0.3 is 5.97 Å². The number of likely N-dealkylation sites (N-methyl/N-ethyl adjacent to an activating group) is 1. The third kappa shape index (κ3) is 3.79. The van der Waals surface area contributed by atoms with E-state index in [1.807, 2.05) is 24.3 Å². The molecule has 0 unspecified atom stereocenters. The molecule has 0 atom stereocenters. The Morgan fingerprint density at radius 3 is 2.62 bits per heavy atom. The summed E-state index contributed by atoms with van der Waals surface area (Å²) in [5.41, 5.74) is 1.07. The van der Waals surface area contributed by atoms with E-state index in [9.17, 15) is 9.59 Å². The van der Waals surface area contributed by atoms with Crippen molar-refractivity contribution in [2.45, 2.75) is 0 Å². The van der Waals surface area contributed by atoms with Gasteiger partial charge in [-0.25, -0.2) is 9.78 Å². The molecule has 0 aliphatic carbocycles. The van der Waals surface area contributed by atoms with Crippen LogP contribution in [-0.2, 0) is 9.53 Å². The van der Waals surface area contributed by atoms with Gasteiger partial charge in [-0.2, -0.15) is 0 Å². The van der Waals surface area contributed by atoms with Crippen LogP contribution in [-0.4, -0.2) is 37.6 Å². The van der Waals surface area contributed by atoms with Crippen molar-refractivity contribution >= 4 is 23.2 Å². The molecule has 0 aliphatic rings. The number of aromatic nitrogens is 1. The van der Waals surface area contributed by atoms with Crippen LogP contribution in [0.2, 0.25) is 0 Å². The Balaban J connectivity index is 2.06. The molecule has 0 aliphatic heterocycles. The summed E-state index contributed by atoms with van der Waals surface area (Å²) in [4.78, 5) is 27.0. The first-order valence-corrected chi connectivity index (χ1v) is 6.99. The third-order valence-electron chi connectivity index (χ3n) is 2.66. The summed E-state index contributed by atoms with van der Waals surface area (Å²) in [5, 5.41) is 4.67.